The molecular formula is C18H23N3O3. The Bertz CT molecular complexity index is 671. The number of carbonyl (C=O) groups is 1. The van der Waals surface area contributed by atoms with Gasteiger partial charge in [0.15, 0.2) is 0 Å². The normalized spacial score (nSPS) is 20.1. The van der Waals surface area contributed by atoms with E-state index in [2.05, 4.69) is 10.5 Å². The first-order chi connectivity index (χ1) is 11.6. The van der Waals surface area contributed by atoms with Crippen LogP contribution >= 0.6 is 0 Å². The average molecular weight is 329 g/mol. The summed E-state index contributed by atoms with van der Waals surface area (Å²) in [5, 5.41) is 7.00. The van der Waals surface area contributed by atoms with Gasteiger partial charge in [-0.3, -0.25) is 4.79 Å². The number of rotatable bonds is 6. The fraction of sp³-hybridized carbons (Fsp3) is 0.444. The smallest absolute Gasteiger partial charge is 0.239 e. The number of amides is 1. The number of hydrogen-bond acceptors (Lipinski definition) is 5. The third-order valence-corrected chi connectivity index (χ3v) is 4.26. The minimum absolute atomic E-state index is 0.00407. The van der Waals surface area contributed by atoms with Gasteiger partial charge in [-0.2, -0.15) is 0 Å². The molecule has 1 amide bonds. The minimum Gasteiger partial charge on any atom is -0.379 e. The predicted octanol–water partition coefficient (Wildman–Crippen LogP) is 1.79. The molecule has 24 heavy (non-hydrogen) atoms. The number of aryl methyl sites for hydroxylation is 1. The monoisotopic (exact) mass is 329 g/mol. The van der Waals surface area contributed by atoms with Crippen LogP contribution in [0.3, 0.4) is 0 Å². The molecule has 1 aromatic heterocycles. The minimum atomic E-state index is -0.00407. The number of carbonyl (C=O) groups excluding carboxylic acids is 1. The van der Waals surface area contributed by atoms with Gasteiger partial charge in [-0.05, 0) is 19.1 Å². The number of aromatic nitrogens is 1. The molecule has 1 fully saturated rings. The number of likely N-dealkylation sites (N-methyl/N-ethyl adjacent to an activating group) is 1. The van der Waals surface area contributed by atoms with E-state index >= 15 is 0 Å². The average Bonchev–Trinajstić information content (AvgIpc) is 3.18. The summed E-state index contributed by atoms with van der Waals surface area (Å²) in [5.74, 6) is 1.04. The Morgan fingerprint density at radius 1 is 1.33 bits per heavy atom. The van der Waals surface area contributed by atoms with Gasteiger partial charge in [0, 0.05) is 31.1 Å². The molecular weight excluding hydrogens is 306 g/mol. The van der Waals surface area contributed by atoms with Crippen LogP contribution in [0.25, 0.3) is 0 Å². The van der Waals surface area contributed by atoms with Gasteiger partial charge in [-0.1, -0.05) is 23.4 Å². The summed E-state index contributed by atoms with van der Waals surface area (Å²) in [7, 11) is 1.91. The third kappa shape index (κ3) is 4.14. The van der Waals surface area contributed by atoms with E-state index in [4.69, 9.17) is 9.26 Å². The van der Waals surface area contributed by atoms with Crippen LogP contribution in [0.4, 0.5) is 5.69 Å². The van der Waals surface area contributed by atoms with Crippen LogP contribution < -0.4 is 10.2 Å². The van der Waals surface area contributed by atoms with Crippen molar-refractivity contribution in [1.82, 2.24) is 10.5 Å². The number of ether oxygens (including phenoxy) is 1. The highest BCUT2D eigenvalue weighted by Gasteiger charge is 2.30. The summed E-state index contributed by atoms with van der Waals surface area (Å²) in [6, 6.07) is 11.8. The Balaban J connectivity index is 1.53. The molecule has 0 aliphatic carbocycles. The second-order valence-electron chi connectivity index (χ2n) is 6.30. The van der Waals surface area contributed by atoms with Crippen molar-refractivity contribution >= 4 is 11.6 Å². The molecule has 128 valence electrons. The predicted molar refractivity (Wildman–Crippen MR) is 90.9 cm³/mol. The van der Waals surface area contributed by atoms with E-state index in [1.807, 2.05) is 55.3 Å². The Morgan fingerprint density at radius 3 is 2.83 bits per heavy atom. The Labute approximate surface area is 141 Å². The van der Waals surface area contributed by atoms with Gasteiger partial charge < -0.3 is 19.5 Å². The maximum absolute atomic E-state index is 12.3. The summed E-state index contributed by atoms with van der Waals surface area (Å²) >= 11 is 0. The molecule has 2 heterocycles. The van der Waals surface area contributed by atoms with Gasteiger partial charge in [0.1, 0.15) is 5.76 Å². The molecule has 1 aromatic carbocycles. The van der Waals surface area contributed by atoms with Crippen LogP contribution in [0.1, 0.15) is 11.5 Å². The Morgan fingerprint density at radius 2 is 2.12 bits per heavy atom. The van der Waals surface area contributed by atoms with Crippen LogP contribution in [-0.4, -0.2) is 43.9 Å². The topological polar surface area (TPSA) is 67.6 Å². The van der Waals surface area contributed by atoms with E-state index in [0.717, 1.165) is 23.6 Å². The summed E-state index contributed by atoms with van der Waals surface area (Å²) in [6.07, 6.45) is 0.723. The van der Waals surface area contributed by atoms with Crippen molar-refractivity contribution in [2.24, 2.45) is 5.92 Å². The van der Waals surface area contributed by atoms with Crippen molar-refractivity contribution in [1.29, 1.82) is 0 Å². The van der Waals surface area contributed by atoms with Crippen LogP contribution in [0.5, 0.6) is 0 Å². The lowest BCUT2D eigenvalue weighted by molar-refractivity contribution is -0.120. The van der Waals surface area contributed by atoms with Gasteiger partial charge in [-0.15, -0.1) is 0 Å². The third-order valence-electron chi connectivity index (χ3n) is 4.26. The Kier molecular flexibility index (Phi) is 5.15. The summed E-state index contributed by atoms with van der Waals surface area (Å²) < 4.78 is 10.8. The van der Waals surface area contributed by atoms with Crippen LogP contribution in [-0.2, 0) is 16.0 Å². The number of para-hydroxylation sites is 1. The molecule has 1 N–H and O–H groups in total. The molecule has 3 rings (SSSR count). The number of nitrogens with one attached hydrogen (secondary N) is 1. The van der Waals surface area contributed by atoms with E-state index < -0.39 is 0 Å². The summed E-state index contributed by atoms with van der Waals surface area (Å²) in [6.45, 7) is 3.38. The Hall–Kier alpha value is -2.34. The molecule has 0 saturated carbocycles. The zero-order valence-corrected chi connectivity index (χ0v) is 14.1. The highest BCUT2D eigenvalue weighted by molar-refractivity contribution is 5.81. The molecule has 0 bridgehead atoms. The van der Waals surface area contributed by atoms with Crippen LogP contribution in [0, 0.1) is 12.8 Å². The quantitative estimate of drug-likeness (QED) is 0.875. The highest BCUT2D eigenvalue weighted by atomic mass is 16.5. The van der Waals surface area contributed by atoms with Crippen molar-refractivity contribution in [2.45, 2.75) is 19.4 Å². The van der Waals surface area contributed by atoms with Gasteiger partial charge in [0.25, 0.3) is 0 Å². The number of nitrogens with zero attached hydrogens (tertiary/aromatic N) is 2. The second-order valence-corrected chi connectivity index (χ2v) is 6.30. The van der Waals surface area contributed by atoms with Crippen LogP contribution in [0.2, 0.25) is 0 Å². The van der Waals surface area contributed by atoms with Crippen molar-refractivity contribution in [3.63, 3.8) is 0 Å². The van der Waals surface area contributed by atoms with Gasteiger partial charge in [0.2, 0.25) is 5.91 Å². The molecule has 1 aliphatic rings. The number of benzene rings is 1. The molecule has 0 unspecified atom stereocenters. The SMILES string of the molecule is Cc1cc(C[C@@H]2COC[C@@H]2NC(=O)CN(C)c2ccccc2)on1. The molecule has 0 radical (unpaired) electrons. The largest absolute Gasteiger partial charge is 0.379 e. The van der Waals surface area contributed by atoms with Gasteiger partial charge >= 0.3 is 0 Å². The van der Waals surface area contributed by atoms with Crippen molar-refractivity contribution in [2.75, 3.05) is 31.7 Å². The first kappa shape index (κ1) is 16.5. The molecule has 2 aromatic rings. The highest BCUT2D eigenvalue weighted by Crippen LogP contribution is 2.20. The lowest BCUT2D eigenvalue weighted by Gasteiger charge is -2.22. The van der Waals surface area contributed by atoms with Crippen LogP contribution in [0.15, 0.2) is 40.9 Å². The zero-order chi connectivity index (χ0) is 16.9. The van der Waals surface area contributed by atoms with E-state index in [-0.39, 0.29) is 17.9 Å². The number of hydrogen-bond donors (Lipinski definition) is 1. The molecule has 6 heteroatoms. The molecule has 0 spiro atoms. The van der Waals surface area contributed by atoms with Gasteiger partial charge in [0.05, 0.1) is 31.5 Å². The van der Waals surface area contributed by atoms with E-state index in [9.17, 15) is 4.79 Å². The molecule has 2 atom stereocenters. The molecule has 1 saturated heterocycles. The van der Waals surface area contributed by atoms with E-state index in [1.54, 1.807) is 0 Å². The maximum atomic E-state index is 12.3. The standard InChI is InChI=1S/C18H23N3O3/c1-13-8-16(24-20-13)9-14-11-23-12-17(14)19-18(22)10-21(2)15-6-4-3-5-7-15/h3-8,14,17H,9-12H2,1-2H3,(H,19,22)/t14-,17+/m1/s1. The lowest BCUT2D eigenvalue weighted by atomic mass is 9.98. The fourth-order valence-electron chi connectivity index (χ4n) is 2.97. The van der Waals surface area contributed by atoms with Crippen molar-refractivity contribution < 1.29 is 14.1 Å². The second kappa shape index (κ2) is 7.49. The summed E-state index contributed by atoms with van der Waals surface area (Å²) in [4.78, 5) is 14.3. The lowest BCUT2D eigenvalue weighted by Crippen LogP contribution is -2.44. The first-order valence-corrected chi connectivity index (χ1v) is 8.17. The van der Waals surface area contributed by atoms with E-state index in [1.165, 1.54) is 0 Å². The molecule has 1 aliphatic heterocycles. The van der Waals surface area contributed by atoms with E-state index in [0.29, 0.717) is 19.8 Å². The molecule has 6 nitrogen and oxygen atoms in total. The number of anilines is 1. The first-order valence-electron chi connectivity index (χ1n) is 8.17. The van der Waals surface area contributed by atoms with Gasteiger partial charge in [-0.25, -0.2) is 0 Å². The zero-order valence-electron chi connectivity index (χ0n) is 14.1. The van der Waals surface area contributed by atoms with Crippen molar-refractivity contribution in [3.05, 3.63) is 47.9 Å². The fourth-order valence-corrected chi connectivity index (χ4v) is 2.97. The summed E-state index contributed by atoms with van der Waals surface area (Å²) in [5.41, 5.74) is 1.89. The van der Waals surface area contributed by atoms with Crippen molar-refractivity contribution in [3.8, 4) is 0 Å². The maximum Gasteiger partial charge on any atom is 0.239 e.